The molecule has 1 amide bonds. The smallest absolute Gasteiger partial charge is 0.256 e. The number of carbonyl (C=O) groups excluding carboxylic acids is 1. The number of anilines is 1. The number of aromatic nitrogens is 2. The van der Waals surface area contributed by atoms with Gasteiger partial charge in [0.05, 0.1) is 17.8 Å². The first-order valence-corrected chi connectivity index (χ1v) is 4.08. The molecule has 0 unspecified atom stereocenters. The Morgan fingerprint density at radius 1 is 1.71 bits per heavy atom. The average Bonchev–Trinajstić information content (AvgIpc) is 2.53. The van der Waals surface area contributed by atoms with Crippen molar-refractivity contribution in [1.29, 1.82) is 0 Å². The molecule has 0 saturated heterocycles. The van der Waals surface area contributed by atoms with Crippen LogP contribution in [0.1, 0.15) is 13.8 Å². The Kier molecular flexibility index (Phi) is 2.83. The van der Waals surface area contributed by atoms with Crippen LogP contribution in [0.5, 0.6) is 0 Å². The highest BCUT2D eigenvalue weighted by Gasteiger charge is 2.35. The maximum atomic E-state index is 12.7. The van der Waals surface area contributed by atoms with Crippen molar-refractivity contribution in [2.24, 2.45) is 5.92 Å². The van der Waals surface area contributed by atoms with Gasteiger partial charge in [-0.25, -0.2) is 8.78 Å². The van der Waals surface area contributed by atoms with Crippen LogP contribution in [0.2, 0.25) is 0 Å². The van der Waals surface area contributed by atoms with E-state index in [0.717, 1.165) is 0 Å². The fourth-order valence-electron chi connectivity index (χ4n) is 0.800. The highest BCUT2D eigenvalue weighted by Crippen LogP contribution is 2.24. The van der Waals surface area contributed by atoms with Gasteiger partial charge in [-0.1, -0.05) is 0 Å². The summed E-state index contributed by atoms with van der Waals surface area (Å²) < 4.78 is 25.4. The maximum absolute atomic E-state index is 12.7. The highest BCUT2D eigenvalue weighted by atomic mass is 19.3. The van der Waals surface area contributed by atoms with Crippen LogP contribution in [0.3, 0.4) is 0 Å². The second-order valence-electron chi connectivity index (χ2n) is 3.15. The van der Waals surface area contributed by atoms with E-state index in [9.17, 15) is 13.6 Å². The number of H-pyrrole nitrogens is 1. The quantitative estimate of drug-likeness (QED) is 0.784. The molecule has 0 aliphatic carbocycles. The Morgan fingerprint density at radius 2 is 2.36 bits per heavy atom. The molecule has 6 heteroatoms. The van der Waals surface area contributed by atoms with Gasteiger partial charge in [-0.05, 0) is 6.92 Å². The number of amides is 1. The summed E-state index contributed by atoms with van der Waals surface area (Å²) in [6.45, 7) is 1.89. The molecule has 1 aromatic heterocycles. The van der Waals surface area contributed by atoms with Crippen LogP contribution in [-0.2, 0) is 4.79 Å². The van der Waals surface area contributed by atoms with Crippen LogP contribution in [-0.4, -0.2) is 22.0 Å². The summed E-state index contributed by atoms with van der Waals surface area (Å²) in [6.07, 6.45) is 2.76. The molecule has 1 rings (SSSR count). The fraction of sp³-hybridized carbons (Fsp3) is 0.500. The Hall–Kier alpha value is -1.46. The maximum Gasteiger partial charge on any atom is 0.256 e. The van der Waals surface area contributed by atoms with Crippen molar-refractivity contribution in [3.8, 4) is 0 Å². The van der Waals surface area contributed by atoms with Crippen molar-refractivity contribution in [2.45, 2.75) is 19.8 Å². The normalized spacial score (nSPS) is 13.7. The molecule has 0 spiro atoms. The van der Waals surface area contributed by atoms with Crippen molar-refractivity contribution >= 4 is 11.6 Å². The Balaban J connectivity index is 2.59. The zero-order chi connectivity index (χ0) is 10.8. The van der Waals surface area contributed by atoms with Gasteiger partial charge in [0, 0.05) is 13.1 Å². The number of alkyl halides is 2. The Bertz CT molecular complexity index is 305. The number of hydrogen-bond acceptors (Lipinski definition) is 2. The molecule has 1 aromatic rings. The largest absolute Gasteiger partial charge is 0.323 e. The summed E-state index contributed by atoms with van der Waals surface area (Å²) in [7, 11) is 0. The minimum absolute atomic E-state index is 0.381. The van der Waals surface area contributed by atoms with E-state index < -0.39 is 17.7 Å². The Morgan fingerprint density at radius 3 is 2.79 bits per heavy atom. The summed E-state index contributed by atoms with van der Waals surface area (Å²) in [6, 6.07) is 0. The Labute approximate surface area is 79.7 Å². The monoisotopic (exact) mass is 203 g/mol. The van der Waals surface area contributed by atoms with E-state index in [0.29, 0.717) is 12.6 Å². The second kappa shape index (κ2) is 3.73. The number of aromatic amines is 1. The standard InChI is InChI=1S/C8H11F2N3O/c1-5(8(2,9)10)7(14)13-6-3-11-12-4-6/h3-5H,1-2H3,(H,11,12)(H,13,14)/t5-/m0/s1. The molecule has 0 fully saturated rings. The van der Waals surface area contributed by atoms with Crippen molar-refractivity contribution in [2.75, 3.05) is 5.32 Å². The lowest BCUT2D eigenvalue weighted by Gasteiger charge is -2.17. The average molecular weight is 203 g/mol. The number of nitrogens with one attached hydrogen (secondary N) is 2. The first kappa shape index (κ1) is 10.6. The third-order valence-electron chi connectivity index (χ3n) is 1.92. The van der Waals surface area contributed by atoms with Crippen molar-refractivity contribution < 1.29 is 13.6 Å². The molecule has 14 heavy (non-hydrogen) atoms. The molecular formula is C8H11F2N3O. The van der Waals surface area contributed by atoms with E-state index in [1.165, 1.54) is 19.3 Å². The lowest BCUT2D eigenvalue weighted by atomic mass is 10.0. The summed E-state index contributed by atoms with van der Waals surface area (Å²) in [4.78, 5) is 11.2. The number of hydrogen-bond donors (Lipinski definition) is 2. The van der Waals surface area contributed by atoms with Gasteiger partial charge in [-0.2, -0.15) is 5.10 Å². The van der Waals surface area contributed by atoms with E-state index in [-0.39, 0.29) is 0 Å². The molecule has 0 aliphatic rings. The summed E-state index contributed by atoms with van der Waals surface area (Å²) in [5.74, 6) is -5.11. The van der Waals surface area contributed by atoms with Gasteiger partial charge < -0.3 is 5.32 Å². The molecule has 1 atom stereocenters. The summed E-state index contributed by atoms with van der Waals surface area (Å²) >= 11 is 0. The lowest BCUT2D eigenvalue weighted by molar-refractivity contribution is -0.130. The van der Waals surface area contributed by atoms with E-state index in [2.05, 4.69) is 15.5 Å². The molecule has 0 aliphatic heterocycles. The molecule has 0 aromatic carbocycles. The van der Waals surface area contributed by atoms with Crippen molar-refractivity contribution in [3.63, 3.8) is 0 Å². The van der Waals surface area contributed by atoms with Crippen molar-refractivity contribution in [3.05, 3.63) is 12.4 Å². The van der Waals surface area contributed by atoms with Gasteiger partial charge in [0.1, 0.15) is 0 Å². The molecule has 0 saturated carbocycles. The molecule has 4 nitrogen and oxygen atoms in total. The topological polar surface area (TPSA) is 57.8 Å². The van der Waals surface area contributed by atoms with Crippen molar-refractivity contribution in [1.82, 2.24) is 10.2 Å². The zero-order valence-corrected chi connectivity index (χ0v) is 7.84. The van der Waals surface area contributed by atoms with Crippen LogP contribution in [0.15, 0.2) is 12.4 Å². The molecule has 1 heterocycles. The van der Waals surface area contributed by atoms with E-state index in [1.807, 2.05) is 0 Å². The molecule has 0 radical (unpaired) electrons. The van der Waals surface area contributed by atoms with Crippen LogP contribution >= 0.6 is 0 Å². The molecule has 2 N–H and O–H groups in total. The SMILES string of the molecule is C[C@@H](C(=O)Nc1cn[nH]c1)C(C)(F)F. The first-order chi connectivity index (χ1) is 6.41. The van der Waals surface area contributed by atoms with Gasteiger partial charge in [-0.3, -0.25) is 9.89 Å². The summed E-state index contributed by atoms with van der Waals surface area (Å²) in [5, 5.41) is 8.35. The second-order valence-corrected chi connectivity index (χ2v) is 3.15. The minimum atomic E-state index is -3.02. The molecule has 0 bridgehead atoms. The molecular weight excluding hydrogens is 192 g/mol. The third-order valence-corrected chi connectivity index (χ3v) is 1.92. The molecule has 78 valence electrons. The van der Waals surface area contributed by atoms with E-state index in [4.69, 9.17) is 0 Å². The highest BCUT2D eigenvalue weighted by molar-refractivity contribution is 5.92. The van der Waals surface area contributed by atoms with E-state index >= 15 is 0 Å². The predicted molar refractivity (Wildman–Crippen MR) is 47.0 cm³/mol. The van der Waals surface area contributed by atoms with Crippen LogP contribution in [0.25, 0.3) is 0 Å². The van der Waals surface area contributed by atoms with Gasteiger partial charge in [0.2, 0.25) is 5.91 Å². The van der Waals surface area contributed by atoms with Gasteiger partial charge in [0.25, 0.3) is 5.92 Å². The van der Waals surface area contributed by atoms with Gasteiger partial charge >= 0.3 is 0 Å². The lowest BCUT2D eigenvalue weighted by Crippen LogP contribution is -2.33. The predicted octanol–water partition coefficient (Wildman–Crippen LogP) is 1.64. The van der Waals surface area contributed by atoms with Crippen LogP contribution < -0.4 is 5.32 Å². The number of rotatable bonds is 3. The number of nitrogens with zero attached hydrogens (tertiary/aromatic N) is 1. The van der Waals surface area contributed by atoms with E-state index in [1.54, 1.807) is 0 Å². The number of carbonyl (C=O) groups is 1. The first-order valence-electron chi connectivity index (χ1n) is 4.08. The summed E-state index contributed by atoms with van der Waals surface area (Å²) in [5.41, 5.74) is 0.381. The number of halogens is 2. The van der Waals surface area contributed by atoms with Crippen LogP contribution in [0, 0.1) is 5.92 Å². The van der Waals surface area contributed by atoms with Gasteiger partial charge in [0.15, 0.2) is 0 Å². The van der Waals surface area contributed by atoms with Gasteiger partial charge in [-0.15, -0.1) is 0 Å². The third kappa shape index (κ3) is 2.51. The minimum Gasteiger partial charge on any atom is -0.323 e. The fourth-order valence-corrected chi connectivity index (χ4v) is 0.800. The van der Waals surface area contributed by atoms with Crippen LogP contribution in [0.4, 0.5) is 14.5 Å². The zero-order valence-electron chi connectivity index (χ0n) is 7.84.